The van der Waals surface area contributed by atoms with Crippen molar-refractivity contribution in [2.45, 2.75) is 5.41 Å². The zero-order valence-corrected chi connectivity index (χ0v) is 26.7. The summed E-state index contributed by atoms with van der Waals surface area (Å²) < 4.78 is 0. The van der Waals surface area contributed by atoms with Gasteiger partial charge < -0.3 is 0 Å². The second kappa shape index (κ2) is 9.01. The third kappa shape index (κ3) is 3.07. The van der Waals surface area contributed by atoms with Crippen molar-refractivity contribution < 1.29 is 0 Å². The molecule has 0 saturated heterocycles. The fourth-order valence-electron chi connectivity index (χ4n) is 9.91. The number of hydrogen-bond donors (Lipinski definition) is 0. The molecule has 0 amide bonds. The number of rotatable bonds is 1. The molecule has 0 heterocycles. The first kappa shape index (κ1) is 25.8. The summed E-state index contributed by atoms with van der Waals surface area (Å²) in [7, 11) is 0. The molecule has 2 aliphatic carbocycles. The molecule has 0 heteroatoms. The van der Waals surface area contributed by atoms with Gasteiger partial charge in [0.05, 0.1) is 5.41 Å². The minimum Gasteiger partial charge on any atom is -0.0619 e. The van der Waals surface area contributed by atoms with E-state index in [4.69, 9.17) is 0 Å². The Morgan fingerprint density at radius 2 is 0.796 bits per heavy atom. The van der Waals surface area contributed by atoms with Gasteiger partial charge >= 0.3 is 0 Å². The largest absolute Gasteiger partial charge is 0.0737 e. The van der Waals surface area contributed by atoms with Crippen molar-refractivity contribution in [1.29, 1.82) is 0 Å². The topological polar surface area (TPSA) is 0 Å². The predicted molar refractivity (Wildman–Crippen MR) is 207 cm³/mol. The van der Waals surface area contributed by atoms with Gasteiger partial charge in [0.15, 0.2) is 0 Å². The minimum atomic E-state index is -0.410. The Bertz CT molecular complexity index is 2990. The van der Waals surface area contributed by atoms with Crippen molar-refractivity contribution in [3.63, 3.8) is 0 Å². The molecule has 0 N–H and O–H groups in total. The quantitative estimate of drug-likeness (QED) is 0.161. The molecule has 0 nitrogen and oxygen atoms in total. The van der Waals surface area contributed by atoms with Gasteiger partial charge in [-0.05, 0) is 116 Å². The molecule has 1 spiro atoms. The summed E-state index contributed by atoms with van der Waals surface area (Å²) in [6, 6.07) is 64.3. The van der Waals surface area contributed by atoms with Gasteiger partial charge in [0.25, 0.3) is 0 Å². The molecular weight excluding hydrogens is 589 g/mol. The lowest BCUT2D eigenvalue weighted by molar-refractivity contribution is 0.809. The highest BCUT2D eigenvalue weighted by Crippen LogP contribution is 2.65. The van der Waals surface area contributed by atoms with Crippen LogP contribution in [-0.2, 0) is 5.41 Å². The summed E-state index contributed by atoms with van der Waals surface area (Å²) in [6.45, 7) is 0. The molecule has 0 aliphatic heterocycles. The van der Waals surface area contributed by atoms with Crippen LogP contribution >= 0.6 is 0 Å². The Hall–Kier alpha value is -6.24. The second-order valence-electron chi connectivity index (χ2n) is 13.9. The lowest BCUT2D eigenvalue weighted by Crippen LogP contribution is -2.26. The van der Waals surface area contributed by atoms with Gasteiger partial charge in [-0.1, -0.05) is 164 Å². The van der Waals surface area contributed by atoms with Crippen LogP contribution in [0.5, 0.6) is 0 Å². The van der Waals surface area contributed by atoms with E-state index in [1.807, 2.05) is 0 Å². The Kier molecular flexibility index (Phi) is 4.74. The van der Waals surface area contributed by atoms with Crippen LogP contribution in [0.4, 0.5) is 0 Å². The lowest BCUT2D eigenvalue weighted by atomic mass is 9.68. The Morgan fingerprint density at radius 3 is 1.55 bits per heavy atom. The molecule has 12 rings (SSSR count). The van der Waals surface area contributed by atoms with E-state index < -0.39 is 5.41 Å². The van der Waals surface area contributed by atoms with Crippen molar-refractivity contribution in [2.24, 2.45) is 0 Å². The Labute approximate surface area is 283 Å². The smallest absolute Gasteiger partial charge is 0.0619 e. The molecule has 0 bridgehead atoms. The van der Waals surface area contributed by atoms with E-state index in [2.05, 4.69) is 170 Å². The molecule has 2 aliphatic rings. The van der Waals surface area contributed by atoms with Crippen molar-refractivity contribution in [3.8, 4) is 33.4 Å². The maximum Gasteiger partial charge on any atom is 0.0737 e. The first-order valence-electron chi connectivity index (χ1n) is 17.3. The third-order valence-corrected chi connectivity index (χ3v) is 11.8. The normalized spacial score (nSPS) is 13.9. The van der Waals surface area contributed by atoms with Gasteiger partial charge in [0.1, 0.15) is 0 Å². The van der Waals surface area contributed by atoms with Crippen molar-refractivity contribution in [3.05, 3.63) is 192 Å². The van der Waals surface area contributed by atoms with Crippen LogP contribution in [0.3, 0.4) is 0 Å². The van der Waals surface area contributed by atoms with Crippen molar-refractivity contribution in [2.75, 3.05) is 0 Å². The van der Waals surface area contributed by atoms with E-state index in [-0.39, 0.29) is 0 Å². The van der Waals surface area contributed by atoms with Crippen LogP contribution in [0.25, 0.3) is 87.2 Å². The molecule has 0 saturated carbocycles. The summed E-state index contributed by atoms with van der Waals surface area (Å²) in [5.74, 6) is 0. The average molecular weight is 617 g/mol. The predicted octanol–water partition coefficient (Wildman–Crippen LogP) is 12.9. The van der Waals surface area contributed by atoms with Crippen LogP contribution in [0.15, 0.2) is 170 Å². The average Bonchev–Trinajstić information content (AvgIpc) is 3.64. The summed E-state index contributed by atoms with van der Waals surface area (Å²) in [5, 5.41) is 13.2. The molecule has 49 heavy (non-hydrogen) atoms. The van der Waals surface area contributed by atoms with Crippen LogP contribution in [0.1, 0.15) is 22.3 Å². The molecular formula is C49H28. The highest BCUT2D eigenvalue weighted by atomic mass is 14.5. The number of benzene rings is 10. The zero-order valence-electron chi connectivity index (χ0n) is 26.7. The van der Waals surface area contributed by atoms with E-state index in [1.54, 1.807) is 0 Å². The molecule has 0 radical (unpaired) electrons. The Morgan fingerprint density at radius 1 is 0.286 bits per heavy atom. The maximum atomic E-state index is 2.43. The number of fused-ring (bicyclic) bond motifs is 14. The van der Waals surface area contributed by atoms with Gasteiger partial charge in [0, 0.05) is 0 Å². The van der Waals surface area contributed by atoms with E-state index in [0.29, 0.717) is 0 Å². The summed E-state index contributed by atoms with van der Waals surface area (Å²) >= 11 is 0. The molecule has 10 aromatic rings. The van der Waals surface area contributed by atoms with Crippen LogP contribution < -0.4 is 0 Å². The fraction of sp³-hybridized carbons (Fsp3) is 0.0204. The molecule has 0 aromatic heterocycles. The monoisotopic (exact) mass is 616 g/mol. The van der Waals surface area contributed by atoms with Gasteiger partial charge in [-0.2, -0.15) is 0 Å². The molecule has 0 atom stereocenters. The van der Waals surface area contributed by atoms with E-state index in [1.165, 1.54) is 109 Å². The number of hydrogen-bond acceptors (Lipinski definition) is 0. The van der Waals surface area contributed by atoms with Crippen LogP contribution in [0, 0.1) is 0 Å². The standard InChI is InChI=1S/C49H28/c1-2-11-36-29(8-1)18-26-41-42-27-22-34-28-33(35-23-19-32-17-16-30-9-7-10-31-20-25-40(35)46(32)45(30)31)21-24-37(34)48(42)49(47(36)41)43-14-5-3-12-38(43)39-13-4-6-15-44(39)49/h1-28H. The van der Waals surface area contributed by atoms with Gasteiger partial charge in [-0.15, -0.1) is 0 Å². The maximum absolute atomic E-state index is 2.43. The van der Waals surface area contributed by atoms with E-state index >= 15 is 0 Å². The molecule has 10 aromatic carbocycles. The summed E-state index contributed by atoms with van der Waals surface area (Å²) in [4.78, 5) is 0. The van der Waals surface area contributed by atoms with Crippen molar-refractivity contribution in [1.82, 2.24) is 0 Å². The van der Waals surface area contributed by atoms with E-state index in [0.717, 1.165) is 0 Å². The SMILES string of the molecule is c1ccc2c(c1)-c1ccccc1C21c2c(ccc3ccccc23)-c2ccc3cc(-c4ccc5ccc6cccc7ccc4c5c67)ccc3c21. The molecule has 0 unspecified atom stereocenters. The minimum absolute atomic E-state index is 0.410. The van der Waals surface area contributed by atoms with Gasteiger partial charge in [0.2, 0.25) is 0 Å². The van der Waals surface area contributed by atoms with Gasteiger partial charge in [-0.3, -0.25) is 0 Å². The molecule has 0 fully saturated rings. The second-order valence-corrected chi connectivity index (χ2v) is 13.9. The Balaban J connectivity index is 1.18. The third-order valence-electron chi connectivity index (χ3n) is 11.8. The van der Waals surface area contributed by atoms with Crippen LogP contribution in [-0.4, -0.2) is 0 Å². The van der Waals surface area contributed by atoms with Crippen molar-refractivity contribution >= 4 is 53.9 Å². The fourth-order valence-corrected chi connectivity index (χ4v) is 9.91. The highest BCUT2D eigenvalue weighted by Gasteiger charge is 2.53. The summed E-state index contributed by atoms with van der Waals surface area (Å²) in [5.41, 5.74) is 13.1. The van der Waals surface area contributed by atoms with Crippen LogP contribution in [0.2, 0.25) is 0 Å². The first-order chi connectivity index (χ1) is 24.3. The highest BCUT2D eigenvalue weighted by molar-refractivity contribution is 6.25. The zero-order chi connectivity index (χ0) is 31.8. The lowest BCUT2D eigenvalue weighted by Gasteiger charge is -2.32. The first-order valence-corrected chi connectivity index (χ1v) is 17.3. The molecule has 224 valence electrons. The summed E-state index contributed by atoms with van der Waals surface area (Å²) in [6.07, 6.45) is 0. The van der Waals surface area contributed by atoms with E-state index in [9.17, 15) is 0 Å². The van der Waals surface area contributed by atoms with Gasteiger partial charge in [-0.25, -0.2) is 0 Å².